The van der Waals surface area contributed by atoms with E-state index in [1.807, 2.05) is 30.3 Å². The number of hydrogen-bond acceptors (Lipinski definition) is 6. The van der Waals surface area contributed by atoms with Crippen LogP contribution in [0.15, 0.2) is 83.8 Å². The Labute approximate surface area is 210 Å². The van der Waals surface area contributed by atoms with Gasteiger partial charge in [-0.05, 0) is 54.2 Å². The van der Waals surface area contributed by atoms with Crippen molar-refractivity contribution in [3.63, 3.8) is 0 Å². The smallest absolute Gasteiger partial charge is 0.261 e. The summed E-state index contributed by atoms with van der Waals surface area (Å²) >= 11 is 5.25. The SMILES string of the molecule is COCCOc1ccccc1C(=O)NC(=S)Nc1ccc(S(=O)(=O)N(C)Cc2ccccc2)cc1. The van der Waals surface area contributed by atoms with Crippen LogP contribution in [0.1, 0.15) is 15.9 Å². The maximum Gasteiger partial charge on any atom is 0.261 e. The van der Waals surface area contributed by atoms with E-state index in [-0.39, 0.29) is 16.6 Å². The van der Waals surface area contributed by atoms with Gasteiger partial charge in [0.1, 0.15) is 12.4 Å². The van der Waals surface area contributed by atoms with Gasteiger partial charge in [-0.25, -0.2) is 8.42 Å². The molecule has 3 rings (SSSR count). The van der Waals surface area contributed by atoms with Crippen LogP contribution in [0.2, 0.25) is 0 Å². The minimum atomic E-state index is -3.67. The van der Waals surface area contributed by atoms with E-state index in [4.69, 9.17) is 21.7 Å². The number of sulfonamides is 1. The van der Waals surface area contributed by atoms with Crippen molar-refractivity contribution in [1.82, 2.24) is 9.62 Å². The van der Waals surface area contributed by atoms with Gasteiger partial charge in [-0.15, -0.1) is 0 Å². The molecule has 35 heavy (non-hydrogen) atoms. The van der Waals surface area contributed by atoms with E-state index in [1.165, 1.54) is 23.5 Å². The number of nitrogens with one attached hydrogen (secondary N) is 2. The van der Waals surface area contributed by atoms with E-state index in [9.17, 15) is 13.2 Å². The lowest BCUT2D eigenvalue weighted by atomic mass is 10.2. The third kappa shape index (κ3) is 7.33. The molecule has 0 saturated heterocycles. The summed E-state index contributed by atoms with van der Waals surface area (Å²) in [5.41, 5.74) is 1.75. The Morgan fingerprint density at radius 3 is 2.29 bits per heavy atom. The highest BCUT2D eigenvalue weighted by Gasteiger charge is 2.21. The summed E-state index contributed by atoms with van der Waals surface area (Å²) in [7, 11) is -0.568. The van der Waals surface area contributed by atoms with Crippen molar-refractivity contribution in [2.45, 2.75) is 11.4 Å². The quantitative estimate of drug-likeness (QED) is 0.315. The van der Waals surface area contributed by atoms with Gasteiger partial charge in [0.25, 0.3) is 5.91 Å². The van der Waals surface area contributed by atoms with Crippen molar-refractivity contribution in [2.75, 3.05) is 32.7 Å². The fraction of sp³-hybridized carbons (Fsp3) is 0.200. The second-order valence-electron chi connectivity index (χ2n) is 7.52. The van der Waals surface area contributed by atoms with Crippen LogP contribution in [0.4, 0.5) is 5.69 Å². The number of hydrogen-bond donors (Lipinski definition) is 2. The van der Waals surface area contributed by atoms with Crippen molar-refractivity contribution in [1.29, 1.82) is 0 Å². The number of anilines is 1. The molecular formula is C25H27N3O5S2. The molecule has 0 bridgehead atoms. The number of para-hydroxylation sites is 1. The summed E-state index contributed by atoms with van der Waals surface area (Å²) in [6.07, 6.45) is 0. The molecule has 0 aliphatic carbocycles. The first-order valence-electron chi connectivity index (χ1n) is 10.7. The van der Waals surface area contributed by atoms with Crippen LogP contribution in [-0.4, -0.2) is 51.1 Å². The highest BCUT2D eigenvalue weighted by atomic mass is 32.2. The number of thiocarbonyl (C=S) groups is 1. The van der Waals surface area contributed by atoms with E-state index in [2.05, 4.69) is 10.6 Å². The summed E-state index contributed by atoms with van der Waals surface area (Å²) in [6.45, 7) is 0.957. The second-order valence-corrected chi connectivity index (χ2v) is 9.97. The largest absolute Gasteiger partial charge is 0.490 e. The van der Waals surface area contributed by atoms with Crippen molar-refractivity contribution in [3.8, 4) is 5.75 Å². The number of methoxy groups -OCH3 is 1. The maximum atomic E-state index is 12.9. The van der Waals surface area contributed by atoms with Crippen LogP contribution < -0.4 is 15.4 Å². The fourth-order valence-electron chi connectivity index (χ4n) is 3.16. The molecule has 0 radical (unpaired) electrons. The lowest BCUT2D eigenvalue weighted by Gasteiger charge is -2.18. The monoisotopic (exact) mass is 513 g/mol. The number of nitrogens with zero attached hydrogens (tertiary/aromatic N) is 1. The molecule has 3 aromatic rings. The second kappa shape index (κ2) is 12.4. The van der Waals surface area contributed by atoms with Gasteiger partial charge in [-0.3, -0.25) is 10.1 Å². The molecule has 8 nitrogen and oxygen atoms in total. The molecule has 0 aliphatic rings. The van der Waals surface area contributed by atoms with Crippen molar-refractivity contribution >= 4 is 38.9 Å². The van der Waals surface area contributed by atoms with E-state index in [0.717, 1.165) is 5.56 Å². The highest BCUT2D eigenvalue weighted by Crippen LogP contribution is 2.20. The molecule has 1 amide bonds. The minimum absolute atomic E-state index is 0.0681. The van der Waals surface area contributed by atoms with Crippen LogP contribution in [0.5, 0.6) is 5.75 Å². The zero-order valence-corrected chi connectivity index (χ0v) is 21.1. The minimum Gasteiger partial charge on any atom is -0.490 e. The van der Waals surface area contributed by atoms with Gasteiger partial charge in [0, 0.05) is 26.4 Å². The summed E-state index contributed by atoms with van der Waals surface area (Å²) in [5.74, 6) is -0.0173. The molecule has 0 saturated carbocycles. The van der Waals surface area contributed by atoms with Crippen molar-refractivity contribution in [2.24, 2.45) is 0 Å². The van der Waals surface area contributed by atoms with Gasteiger partial charge in [-0.1, -0.05) is 42.5 Å². The average Bonchev–Trinajstić information content (AvgIpc) is 2.85. The third-order valence-electron chi connectivity index (χ3n) is 4.97. The average molecular weight is 514 g/mol. The zero-order chi connectivity index (χ0) is 25.3. The van der Waals surface area contributed by atoms with Crippen LogP contribution in [0.3, 0.4) is 0 Å². The molecule has 3 aromatic carbocycles. The van der Waals surface area contributed by atoms with E-state index in [0.29, 0.717) is 30.2 Å². The first-order valence-corrected chi connectivity index (χ1v) is 12.6. The van der Waals surface area contributed by atoms with Crippen molar-refractivity contribution < 1.29 is 22.7 Å². The van der Waals surface area contributed by atoms with Gasteiger partial charge >= 0.3 is 0 Å². The number of carbonyl (C=O) groups is 1. The van der Waals surface area contributed by atoms with E-state index >= 15 is 0 Å². The van der Waals surface area contributed by atoms with E-state index < -0.39 is 15.9 Å². The number of rotatable bonds is 10. The van der Waals surface area contributed by atoms with Crippen LogP contribution in [-0.2, 0) is 21.3 Å². The van der Waals surface area contributed by atoms with Gasteiger partial charge in [-0.2, -0.15) is 4.31 Å². The number of ether oxygens (including phenoxy) is 2. The van der Waals surface area contributed by atoms with Crippen LogP contribution in [0.25, 0.3) is 0 Å². The lowest BCUT2D eigenvalue weighted by Crippen LogP contribution is -2.34. The molecule has 2 N–H and O–H groups in total. The summed E-state index contributed by atoms with van der Waals surface area (Å²) < 4.78 is 37.7. The van der Waals surface area contributed by atoms with Gasteiger partial charge < -0.3 is 14.8 Å². The zero-order valence-electron chi connectivity index (χ0n) is 19.4. The molecule has 0 unspecified atom stereocenters. The molecular weight excluding hydrogens is 486 g/mol. The summed E-state index contributed by atoms with van der Waals surface area (Å²) in [4.78, 5) is 12.8. The Hall–Kier alpha value is -3.31. The number of amides is 1. The Morgan fingerprint density at radius 2 is 1.60 bits per heavy atom. The first-order chi connectivity index (χ1) is 16.8. The van der Waals surface area contributed by atoms with E-state index in [1.54, 1.807) is 43.5 Å². The molecule has 184 valence electrons. The predicted octanol–water partition coefficient (Wildman–Crippen LogP) is 3.66. The number of benzene rings is 3. The van der Waals surface area contributed by atoms with Crippen molar-refractivity contribution in [3.05, 3.63) is 90.0 Å². The normalized spacial score (nSPS) is 11.2. The Balaban J connectivity index is 1.60. The Kier molecular flexibility index (Phi) is 9.32. The first kappa shape index (κ1) is 26.3. The van der Waals surface area contributed by atoms with Gasteiger partial charge in [0.05, 0.1) is 17.1 Å². The lowest BCUT2D eigenvalue weighted by molar-refractivity contribution is 0.0970. The van der Waals surface area contributed by atoms with Gasteiger partial charge in [0.15, 0.2) is 5.11 Å². The molecule has 0 aromatic heterocycles. The molecule has 0 spiro atoms. The topological polar surface area (TPSA) is 97.0 Å². The number of carbonyl (C=O) groups excluding carboxylic acids is 1. The molecule has 0 fully saturated rings. The predicted molar refractivity (Wildman–Crippen MR) is 139 cm³/mol. The highest BCUT2D eigenvalue weighted by molar-refractivity contribution is 7.89. The fourth-order valence-corrected chi connectivity index (χ4v) is 4.53. The summed E-state index contributed by atoms with van der Waals surface area (Å²) in [6, 6.07) is 22.3. The molecule has 0 heterocycles. The molecule has 10 heteroatoms. The molecule has 0 atom stereocenters. The van der Waals surface area contributed by atoms with Gasteiger partial charge in [0.2, 0.25) is 10.0 Å². The molecule has 0 aliphatic heterocycles. The maximum absolute atomic E-state index is 12.9. The Bertz CT molecular complexity index is 1250. The van der Waals surface area contributed by atoms with Crippen LogP contribution >= 0.6 is 12.2 Å². The Morgan fingerprint density at radius 1 is 0.943 bits per heavy atom. The standard InChI is InChI=1S/C25H27N3O5S2/c1-28(18-19-8-4-3-5-9-19)35(30,31)21-14-12-20(13-15-21)26-25(34)27-24(29)22-10-6-7-11-23(22)33-17-16-32-2/h3-15H,16-18H2,1-2H3,(H2,26,27,29,34). The third-order valence-corrected chi connectivity index (χ3v) is 6.99. The van der Waals surface area contributed by atoms with Crippen LogP contribution in [0, 0.1) is 0 Å². The summed E-state index contributed by atoms with van der Waals surface area (Å²) in [5, 5.41) is 5.57.